The van der Waals surface area contributed by atoms with Gasteiger partial charge in [0.15, 0.2) is 0 Å². The van der Waals surface area contributed by atoms with Gasteiger partial charge in [-0.1, -0.05) is 0 Å². The zero-order chi connectivity index (χ0) is 14.3. The van der Waals surface area contributed by atoms with Crippen LogP contribution in [0.4, 0.5) is 5.69 Å². The van der Waals surface area contributed by atoms with E-state index in [0.29, 0.717) is 17.4 Å². The van der Waals surface area contributed by atoms with Crippen LogP contribution in [0.25, 0.3) is 0 Å². The van der Waals surface area contributed by atoms with Gasteiger partial charge >= 0.3 is 0 Å². The monoisotopic (exact) mass is 272 g/mol. The number of piperidine rings is 1. The molecule has 1 heterocycles. The van der Waals surface area contributed by atoms with Gasteiger partial charge in [0.25, 0.3) is 5.91 Å². The van der Waals surface area contributed by atoms with Crippen molar-refractivity contribution in [3.05, 3.63) is 29.8 Å². The maximum absolute atomic E-state index is 12.1. The molecule has 0 radical (unpaired) electrons. The molecule has 0 unspecified atom stereocenters. The van der Waals surface area contributed by atoms with Gasteiger partial charge in [0.1, 0.15) is 0 Å². The minimum Gasteiger partial charge on any atom is -0.345 e. The van der Waals surface area contributed by atoms with E-state index in [2.05, 4.69) is 0 Å². The molecule has 1 spiro atoms. The van der Waals surface area contributed by atoms with E-state index in [1.165, 1.54) is 12.8 Å². The average Bonchev–Trinajstić information content (AvgIpc) is 3.21. The molecule has 1 aromatic carbocycles. The Morgan fingerprint density at radius 1 is 1.15 bits per heavy atom. The molecule has 0 bridgehead atoms. The van der Waals surface area contributed by atoms with Crippen molar-refractivity contribution in [2.45, 2.75) is 25.7 Å². The number of benzene rings is 1. The van der Waals surface area contributed by atoms with Gasteiger partial charge in [-0.15, -0.1) is 0 Å². The molecule has 1 aliphatic heterocycles. The van der Waals surface area contributed by atoms with Crippen molar-refractivity contribution in [3.8, 4) is 0 Å². The second-order valence-corrected chi connectivity index (χ2v) is 6.23. The summed E-state index contributed by atoms with van der Waals surface area (Å²) in [7, 11) is 3.47. The molecule has 3 rings (SSSR count). The summed E-state index contributed by atoms with van der Waals surface area (Å²) < 4.78 is 0. The van der Waals surface area contributed by atoms with E-state index >= 15 is 0 Å². The topological polar surface area (TPSA) is 40.6 Å². The molecular weight excluding hydrogens is 252 g/mol. The summed E-state index contributed by atoms with van der Waals surface area (Å²) in [6.45, 7) is 0.840. The first-order valence-corrected chi connectivity index (χ1v) is 7.13. The second-order valence-electron chi connectivity index (χ2n) is 6.23. The lowest BCUT2D eigenvalue weighted by Crippen LogP contribution is -2.41. The quantitative estimate of drug-likeness (QED) is 0.829. The molecule has 1 saturated heterocycles. The number of rotatable bonds is 2. The number of hydrogen-bond acceptors (Lipinski definition) is 2. The highest BCUT2D eigenvalue weighted by Gasteiger charge is 2.47. The Balaban J connectivity index is 1.80. The zero-order valence-electron chi connectivity index (χ0n) is 12.1. The van der Waals surface area contributed by atoms with Crippen molar-refractivity contribution in [2.75, 3.05) is 25.5 Å². The number of amides is 2. The lowest BCUT2D eigenvalue weighted by Gasteiger charge is -2.33. The van der Waals surface area contributed by atoms with Crippen LogP contribution in [0.3, 0.4) is 0 Å². The fraction of sp³-hybridized carbons (Fsp3) is 0.500. The normalized spacial score (nSPS) is 20.1. The highest BCUT2D eigenvalue weighted by molar-refractivity contribution is 5.97. The van der Waals surface area contributed by atoms with Gasteiger partial charge in [-0.3, -0.25) is 9.59 Å². The predicted octanol–water partition coefficient (Wildman–Crippen LogP) is 2.30. The minimum atomic E-state index is -0.0137. The van der Waals surface area contributed by atoms with E-state index in [1.54, 1.807) is 31.1 Å². The van der Waals surface area contributed by atoms with E-state index in [1.807, 2.05) is 17.0 Å². The van der Waals surface area contributed by atoms with Crippen LogP contribution in [0.15, 0.2) is 24.3 Å². The molecule has 0 N–H and O–H groups in total. The van der Waals surface area contributed by atoms with Crippen LogP contribution in [0.1, 0.15) is 36.0 Å². The Morgan fingerprint density at radius 3 is 2.35 bits per heavy atom. The van der Waals surface area contributed by atoms with Gasteiger partial charge in [-0.25, -0.2) is 0 Å². The largest absolute Gasteiger partial charge is 0.345 e. The molecule has 0 atom stereocenters. The SMILES string of the molecule is CN(C)C(=O)c1ccc(N2CC3(CCC2=O)CC3)cc1. The van der Waals surface area contributed by atoms with Crippen molar-refractivity contribution in [2.24, 2.45) is 5.41 Å². The van der Waals surface area contributed by atoms with Gasteiger partial charge in [0.05, 0.1) is 0 Å². The number of carbonyl (C=O) groups is 2. The van der Waals surface area contributed by atoms with E-state index in [4.69, 9.17) is 0 Å². The summed E-state index contributed by atoms with van der Waals surface area (Å²) in [6, 6.07) is 7.38. The molecular formula is C16H20N2O2. The Morgan fingerprint density at radius 2 is 1.80 bits per heavy atom. The fourth-order valence-electron chi connectivity index (χ4n) is 2.87. The average molecular weight is 272 g/mol. The summed E-state index contributed by atoms with van der Waals surface area (Å²) in [5.41, 5.74) is 1.96. The molecule has 106 valence electrons. The first kappa shape index (κ1) is 13.2. The van der Waals surface area contributed by atoms with Crippen LogP contribution < -0.4 is 4.90 Å². The smallest absolute Gasteiger partial charge is 0.253 e. The fourth-order valence-corrected chi connectivity index (χ4v) is 2.87. The zero-order valence-corrected chi connectivity index (χ0v) is 12.1. The van der Waals surface area contributed by atoms with Crippen molar-refractivity contribution in [3.63, 3.8) is 0 Å². The number of hydrogen-bond donors (Lipinski definition) is 0. The molecule has 4 heteroatoms. The predicted molar refractivity (Wildman–Crippen MR) is 77.7 cm³/mol. The standard InChI is InChI=1S/C16H20N2O2/c1-17(2)15(20)12-3-5-13(6-4-12)18-11-16(9-10-16)8-7-14(18)19/h3-6H,7-11H2,1-2H3. The van der Waals surface area contributed by atoms with Crippen molar-refractivity contribution >= 4 is 17.5 Å². The van der Waals surface area contributed by atoms with Crippen LogP contribution in [0.2, 0.25) is 0 Å². The Hall–Kier alpha value is -1.84. The Bertz CT molecular complexity index is 544. The first-order chi connectivity index (χ1) is 9.51. The summed E-state index contributed by atoms with van der Waals surface area (Å²) in [4.78, 5) is 27.4. The van der Waals surface area contributed by atoms with Crippen molar-refractivity contribution in [1.29, 1.82) is 0 Å². The Kier molecular flexibility index (Phi) is 3.04. The minimum absolute atomic E-state index is 0.0137. The van der Waals surface area contributed by atoms with E-state index in [0.717, 1.165) is 18.7 Å². The van der Waals surface area contributed by atoms with Gasteiger partial charge in [-0.05, 0) is 48.9 Å². The molecule has 1 aliphatic carbocycles. The summed E-state index contributed by atoms with van der Waals surface area (Å²) in [5.74, 6) is 0.189. The van der Waals surface area contributed by atoms with Crippen LogP contribution in [0.5, 0.6) is 0 Å². The number of carbonyl (C=O) groups excluding carboxylic acids is 2. The van der Waals surface area contributed by atoms with Gasteiger partial charge < -0.3 is 9.80 Å². The highest BCUT2D eigenvalue weighted by atomic mass is 16.2. The maximum Gasteiger partial charge on any atom is 0.253 e. The van der Waals surface area contributed by atoms with Crippen molar-refractivity contribution < 1.29 is 9.59 Å². The van der Waals surface area contributed by atoms with Gasteiger partial charge in [0, 0.05) is 38.3 Å². The maximum atomic E-state index is 12.1. The molecule has 0 aromatic heterocycles. The summed E-state index contributed by atoms with van der Waals surface area (Å²) in [6.07, 6.45) is 4.18. The van der Waals surface area contributed by atoms with Crippen LogP contribution in [0, 0.1) is 5.41 Å². The number of anilines is 1. The van der Waals surface area contributed by atoms with E-state index in [9.17, 15) is 9.59 Å². The first-order valence-electron chi connectivity index (χ1n) is 7.13. The van der Waals surface area contributed by atoms with Crippen LogP contribution in [-0.4, -0.2) is 37.4 Å². The second kappa shape index (κ2) is 4.62. The lowest BCUT2D eigenvalue weighted by atomic mass is 9.94. The van der Waals surface area contributed by atoms with Crippen molar-refractivity contribution in [1.82, 2.24) is 4.90 Å². The third-order valence-corrected chi connectivity index (χ3v) is 4.45. The number of nitrogens with zero attached hydrogens (tertiary/aromatic N) is 2. The van der Waals surface area contributed by atoms with Gasteiger partial charge in [-0.2, -0.15) is 0 Å². The third-order valence-electron chi connectivity index (χ3n) is 4.45. The van der Waals surface area contributed by atoms with Crippen LogP contribution >= 0.6 is 0 Å². The van der Waals surface area contributed by atoms with E-state index < -0.39 is 0 Å². The van der Waals surface area contributed by atoms with Gasteiger partial charge in [0.2, 0.25) is 5.91 Å². The molecule has 1 saturated carbocycles. The lowest BCUT2D eigenvalue weighted by molar-refractivity contribution is -0.120. The summed E-state index contributed by atoms with van der Waals surface area (Å²) in [5, 5.41) is 0. The molecule has 2 fully saturated rings. The molecule has 1 aromatic rings. The van der Waals surface area contributed by atoms with E-state index in [-0.39, 0.29) is 11.8 Å². The third kappa shape index (κ3) is 2.30. The highest BCUT2D eigenvalue weighted by Crippen LogP contribution is 2.52. The molecule has 2 amide bonds. The summed E-state index contributed by atoms with van der Waals surface area (Å²) >= 11 is 0. The van der Waals surface area contributed by atoms with Crippen LogP contribution in [-0.2, 0) is 4.79 Å². The Labute approximate surface area is 119 Å². The molecule has 4 nitrogen and oxygen atoms in total. The molecule has 2 aliphatic rings. The molecule has 20 heavy (non-hydrogen) atoms.